The van der Waals surface area contributed by atoms with Gasteiger partial charge in [0.05, 0.1) is 5.92 Å². The first-order chi connectivity index (χ1) is 16.9. The van der Waals surface area contributed by atoms with Gasteiger partial charge in [-0.3, -0.25) is 4.79 Å². The maximum absolute atomic E-state index is 14.2. The van der Waals surface area contributed by atoms with Gasteiger partial charge in [-0.1, -0.05) is 39.0 Å². The average molecular weight is 495 g/mol. The van der Waals surface area contributed by atoms with E-state index in [-0.39, 0.29) is 17.4 Å². The fourth-order valence-corrected chi connectivity index (χ4v) is 7.15. The first-order valence-corrected chi connectivity index (χ1v) is 13.9. The predicted molar refractivity (Wildman–Crippen MR) is 130 cm³/mol. The molecule has 35 heavy (non-hydrogen) atoms. The molecule has 0 N–H and O–H groups in total. The Balaban J connectivity index is 1.20. The van der Waals surface area contributed by atoms with Crippen molar-refractivity contribution >= 4 is 5.97 Å². The Bertz CT molecular complexity index is 821. The number of fused-ring (bicyclic) bond motifs is 1. The molecule has 1 aromatic carbocycles. The van der Waals surface area contributed by atoms with Gasteiger partial charge in [0.1, 0.15) is 5.75 Å². The van der Waals surface area contributed by atoms with Crippen molar-refractivity contribution in [2.45, 2.75) is 103 Å². The number of hydrogen-bond acceptors (Lipinski definition) is 3. The Hall–Kier alpha value is -1.72. The standard InChI is InChI=1S/C29H41F3O3/c1-2-3-4-5-19-6-7-24-17-23(13-12-22(24)16-19)20-8-10-21(11-9-20)28(33)35-27-15-14-25(18-26(27)30)34-29(31)32/h14-15,18-24,29H,2-13,16-17H2,1H3. The number of carbonyl (C=O) groups excluding carboxylic acids is 1. The zero-order valence-corrected chi connectivity index (χ0v) is 21.0. The molecular weight excluding hydrogens is 453 g/mol. The number of halogens is 3. The van der Waals surface area contributed by atoms with E-state index in [0.717, 1.165) is 55.4 Å². The largest absolute Gasteiger partial charge is 0.435 e. The van der Waals surface area contributed by atoms with E-state index in [9.17, 15) is 18.0 Å². The van der Waals surface area contributed by atoms with Crippen LogP contribution in [0.1, 0.15) is 96.8 Å². The highest BCUT2D eigenvalue weighted by Gasteiger charge is 2.39. The lowest BCUT2D eigenvalue weighted by atomic mass is 9.60. The van der Waals surface area contributed by atoms with Crippen LogP contribution in [-0.2, 0) is 4.79 Å². The van der Waals surface area contributed by atoms with Crippen LogP contribution in [0, 0.1) is 41.3 Å². The highest BCUT2D eigenvalue weighted by atomic mass is 19.3. The van der Waals surface area contributed by atoms with Gasteiger partial charge in [0.25, 0.3) is 0 Å². The third-order valence-corrected chi connectivity index (χ3v) is 9.09. The summed E-state index contributed by atoms with van der Waals surface area (Å²) < 4.78 is 48.2. The molecule has 0 saturated heterocycles. The van der Waals surface area contributed by atoms with E-state index in [4.69, 9.17) is 4.74 Å². The molecule has 0 heterocycles. The average Bonchev–Trinajstić information content (AvgIpc) is 2.85. The molecule has 4 atom stereocenters. The summed E-state index contributed by atoms with van der Waals surface area (Å²) in [5.41, 5.74) is 0. The molecule has 1 aromatic rings. The van der Waals surface area contributed by atoms with E-state index < -0.39 is 18.4 Å². The number of unbranched alkanes of at least 4 members (excludes halogenated alkanes) is 2. The van der Waals surface area contributed by atoms with Gasteiger partial charge in [0.15, 0.2) is 11.6 Å². The molecule has 6 heteroatoms. The van der Waals surface area contributed by atoms with Gasteiger partial charge in [0, 0.05) is 6.07 Å². The smallest absolute Gasteiger partial charge is 0.387 e. The lowest BCUT2D eigenvalue weighted by Crippen LogP contribution is -2.35. The van der Waals surface area contributed by atoms with Crippen molar-refractivity contribution in [3.8, 4) is 11.5 Å². The Labute approximate surface area is 208 Å². The summed E-state index contributed by atoms with van der Waals surface area (Å²) >= 11 is 0. The summed E-state index contributed by atoms with van der Waals surface area (Å²) in [5.74, 6) is 2.21. The second kappa shape index (κ2) is 12.5. The third-order valence-electron chi connectivity index (χ3n) is 9.09. The van der Waals surface area contributed by atoms with E-state index >= 15 is 0 Å². The molecule has 0 spiro atoms. The SMILES string of the molecule is CCCCCC1CCC2CC(C3CCC(C(=O)Oc4ccc(OC(F)F)cc4F)CC3)CCC2C1. The van der Waals surface area contributed by atoms with Crippen molar-refractivity contribution in [2.75, 3.05) is 0 Å². The quantitative estimate of drug-likeness (QED) is 0.196. The predicted octanol–water partition coefficient (Wildman–Crippen LogP) is 8.55. The molecular formula is C29H41F3O3. The minimum absolute atomic E-state index is 0.225. The lowest BCUT2D eigenvalue weighted by molar-refractivity contribution is -0.140. The number of alkyl halides is 2. The second-order valence-electron chi connectivity index (χ2n) is 11.3. The van der Waals surface area contributed by atoms with Crippen LogP contribution in [-0.4, -0.2) is 12.6 Å². The molecule has 3 aliphatic rings. The minimum atomic E-state index is -3.03. The summed E-state index contributed by atoms with van der Waals surface area (Å²) in [6, 6.07) is 3.18. The van der Waals surface area contributed by atoms with Crippen LogP contribution in [0.2, 0.25) is 0 Å². The number of rotatable bonds is 9. The van der Waals surface area contributed by atoms with E-state index in [1.807, 2.05) is 0 Å². The molecule has 3 nitrogen and oxygen atoms in total. The van der Waals surface area contributed by atoms with Gasteiger partial charge in [-0.15, -0.1) is 0 Å². The van der Waals surface area contributed by atoms with Crippen molar-refractivity contribution in [1.82, 2.24) is 0 Å². The highest BCUT2D eigenvalue weighted by molar-refractivity contribution is 5.75. The van der Waals surface area contributed by atoms with Crippen LogP contribution in [0.3, 0.4) is 0 Å². The fraction of sp³-hybridized carbons (Fsp3) is 0.759. The Morgan fingerprint density at radius 3 is 2.26 bits per heavy atom. The van der Waals surface area contributed by atoms with E-state index in [1.54, 1.807) is 0 Å². The highest BCUT2D eigenvalue weighted by Crippen LogP contribution is 2.49. The molecule has 196 valence electrons. The van der Waals surface area contributed by atoms with Gasteiger partial charge in [0.2, 0.25) is 0 Å². The van der Waals surface area contributed by atoms with Gasteiger partial charge in [-0.2, -0.15) is 8.78 Å². The maximum atomic E-state index is 14.2. The van der Waals surface area contributed by atoms with Crippen LogP contribution in [0.4, 0.5) is 13.2 Å². The molecule has 3 saturated carbocycles. The summed E-state index contributed by atoms with van der Waals surface area (Å²) in [7, 11) is 0. The first kappa shape index (κ1) is 26.3. The van der Waals surface area contributed by atoms with Crippen LogP contribution >= 0.6 is 0 Å². The molecule has 0 radical (unpaired) electrons. The van der Waals surface area contributed by atoms with Crippen LogP contribution in [0.25, 0.3) is 0 Å². The maximum Gasteiger partial charge on any atom is 0.387 e. The molecule has 3 fully saturated rings. The summed E-state index contributed by atoms with van der Waals surface area (Å²) in [6.45, 7) is -0.748. The number of benzene rings is 1. The van der Waals surface area contributed by atoms with Gasteiger partial charge >= 0.3 is 12.6 Å². The molecule has 0 aliphatic heterocycles. The van der Waals surface area contributed by atoms with Gasteiger partial charge < -0.3 is 9.47 Å². The van der Waals surface area contributed by atoms with E-state index in [2.05, 4.69) is 11.7 Å². The zero-order valence-electron chi connectivity index (χ0n) is 21.0. The normalized spacial score (nSPS) is 31.1. The monoisotopic (exact) mass is 494 g/mol. The van der Waals surface area contributed by atoms with Crippen molar-refractivity contribution in [3.05, 3.63) is 24.0 Å². The topological polar surface area (TPSA) is 35.5 Å². The third kappa shape index (κ3) is 7.16. The van der Waals surface area contributed by atoms with Crippen molar-refractivity contribution in [2.24, 2.45) is 35.5 Å². The number of esters is 1. The van der Waals surface area contributed by atoms with E-state index in [0.29, 0.717) is 5.92 Å². The number of hydrogen-bond donors (Lipinski definition) is 0. The van der Waals surface area contributed by atoms with Gasteiger partial charge in [-0.25, -0.2) is 4.39 Å². The number of carbonyl (C=O) groups is 1. The summed E-state index contributed by atoms with van der Waals surface area (Å²) in [4.78, 5) is 12.6. The minimum Gasteiger partial charge on any atom is -0.435 e. The molecule has 3 aliphatic carbocycles. The molecule has 0 aromatic heterocycles. The Morgan fingerprint density at radius 2 is 1.57 bits per heavy atom. The number of ether oxygens (including phenoxy) is 2. The van der Waals surface area contributed by atoms with Crippen molar-refractivity contribution in [3.63, 3.8) is 0 Å². The molecule has 0 bridgehead atoms. The zero-order chi connectivity index (χ0) is 24.8. The van der Waals surface area contributed by atoms with Crippen LogP contribution in [0.5, 0.6) is 11.5 Å². The Kier molecular flexibility index (Phi) is 9.40. The first-order valence-electron chi connectivity index (χ1n) is 13.9. The fourth-order valence-electron chi connectivity index (χ4n) is 7.15. The van der Waals surface area contributed by atoms with Crippen molar-refractivity contribution in [1.29, 1.82) is 0 Å². The summed E-state index contributed by atoms with van der Waals surface area (Å²) in [5, 5.41) is 0. The van der Waals surface area contributed by atoms with Gasteiger partial charge in [-0.05, 0) is 99.5 Å². The Morgan fingerprint density at radius 1 is 0.914 bits per heavy atom. The lowest BCUT2D eigenvalue weighted by Gasteiger charge is -2.45. The van der Waals surface area contributed by atoms with Crippen molar-refractivity contribution < 1.29 is 27.4 Å². The molecule has 0 amide bonds. The van der Waals surface area contributed by atoms with E-state index in [1.165, 1.54) is 76.3 Å². The summed E-state index contributed by atoms with van der Waals surface area (Å²) in [6.07, 6.45) is 17.5. The van der Waals surface area contributed by atoms with Crippen LogP contribution < -0.4 is 9.47 Å². The molecule has 4 unspecified atom stereocenters. The molecule has 4 rings (SSSR count). The van der Waals surface area contributed by atoms with Crippen LogP contribution in [0.15, 0.2) is 18.2 Å². The second-order valence-corrected chi connectivity index (χ2v) is 11.3.